The van der Waals surface area contributed by atoms with Gasteiger partial charge in [-0.2, -0.15) is 0 Å². The lowest BCUT2D eigenvalue weighted by atomic mass is 9.79. The van der Waals surface area contributed by atoms with Crippen LogP contribution in [0.5, 0.6) is 0 Å². The number of carbonyl (C=O) groups excluding carboxylic acids is 2. The van der Waals surface area contributed by atoms with Crippen LogP contribution in [0, 0.1) is 5.82 Å². The van der Waals surface area contributed by atoms with E-state index < -0.39 is 42.2 Å². The van der Waals surface area contributed by atoms with E-state index in [0.29, 0.717) is 0 Å². The summed E-state index contributed by atoms with van der Waals surface area (Å²) in [7, 11) is -1.81. The van der Waals surface area contributed by atoms with Crippen LogP contribution in [0.2, 0.25) is 0 Å². The molecule has 3 N–H and O–H groups in total. The second-order valence-corrected chi connectivity index (χ2v) is 8.16. The zero-order chi connectivity index (χ0) is 21.0. The average molecular weight is 383 g/mol. The van der Waals surface area contributed by atoms with Crippen LogP contribution in [0.25, 0.3) is 0 Å². The summed E-state index contributed by atoms with van der Waals surface area (Å²) in [6.45, 7) is 10.0. The summed E-state index contributed by atoms with van der Waals surface area (Å²) in [6, 6.07) is 2.42. The zero-order valence-electron chi connectivity index (χ0n) is 16.5. The predicted molar refractivity (Wildman–Crippen MR) is 98.9 cm³/mol. The molecule has 0 radical (unpaired) electrons. The first kappa shape index (κ1) is 22.9. The van der Waals surface area contributed by atoms with Crippen molar-refractivity contribution in [1.29, 1.82) is 0 Å². The first-order valence-electron chi connectivity index (χ1n) is 8.55. The molecule has 0 aliphatic carbocycles. The third kappa shape index (κ3) is 8.40. The van der Waals surface area contributed by atoms with Crippen molar-refractivity contribution in [2.24, 2.45) is 0 Å². The van der Waals surface area contributed by atoms with Crippen molar-refractivity contribution in [2.45, 2.75) is 65.2 Å². The van der Waals surface area contributed by atoms with Crippen LogP contribution >= 0.6 is 0 Å². The summed E-state index contributed by atoms with van der Waals surface area (Å²) in [5.41, 5.74) is -1.49. The van der Waals surface area contributed by atoms with Crippen LogP contribution in [0.4, 0.5) is 9.18 Å². The van der Waals surface area contributed by atoms with Crippen LogP contribution in [0.15, 0.2) is 18.2 Å². The van der Waals surface area contributed by atoms with Gasteiger partial charge in [0.25, 0.3) is 0 Å². The van der Waals surface area contributed by atoms with Gasteiger partial charge in [0.2, 0.25) is 0 Å². The Kier molecular flexibility index (Phi) is 7.39. The Labute approximate surface area is 159 Å². The maximum atomic E-state index is 14.3. The van der Waals surface area contributed by atoms with Crippen molar-refractivity contribution in [2.75, 3.05) is 0 Å². The number of nitrogens with one attached hydrogen (secondary N) is 1. The number of benzene rings is 1. The third-order valence-electron chi connectivity index (χ3n) is 3.18. The average Bonchev–Trinajstić information content (AvgIpc) is 2.44. The van der Waals surface area contributed by atoms with E-state index >= 15 is 0 Å². The smallest absolute Gasteiger partial charge is 0.458 e. The van der Waals surface area contributed by atoms with E-state index in [2.05, 4.69) is 5.32 Å². The molecular weight excluding hydrogens is 356 g/mol. The topological polar surface area (TPSA) is 105 Å². The molecule has 1 aromatic rings. The fourth-order valence-electron chi connectivity index (χ4n) is 2.13. The summed E-state index contributed by atoms with van der Waals surface area (Å²) in [4.78, 5) is 24.5. The number of rotatable bonds is 5. The summed E-state index contributed by atoms with van der Waals surface area (Å²) in [5, 5.41) is 20.6. The molecule has 1 aromatic carbocycles. The normalized spacial score (nSPS) is 12.9. The lowest BCUT2D eigenvalue weighted by Crippen LogP contribution is -2.47. The van der Waals surface area contributed by atoms with Gasteiger partial charge in [0, 0.05) is 6.42 Å². The Hall–Kier alpha value is -2.13. The van der Waals surface area contributed by atoms with Crippen molar-refractivity contribution in [1.82, 2.24) is 5.32 Å². The van der Waals surface area contributed by atoms with Crippen molar-refractivity contribution < 1.29 is 33.5 Å². The van der Waals surface area contributed by atoms with Crippen LogP contribution in [0.1, 0.15) is 47.1 Å². The maximum absolute atomic E-state index is 14.3. The van der Waals surface area contributed by atoms with Crippen LogP contribution in [0.3, 0.4) is 0 Å². The Balaban J connectivity index is 3.03. The van der Waals surface area contributed by atoms with E-state index in [1.54, 1.807) is 41.5 Å². The van der Waals surface area contributed by atoms with Crippen LogP contribution < -0.4 is 10.8 Å². The Morgan fingerprint density at radius 3 is 2.11 bits per heavy atom. The van der Waals surface area contributed by atoms with Gasteiger partial charge in [-0.3, -0.25) is 0 Å². The van der Waals surface area contributed by atoms with Crippen LogP contribution in [-0.2, 0) is 20.7 Å². The summed E-state index contributed by atoms with van der Waals surface area (Å²) in [5.74, 6) is -1.47. The molecule has 0 heterocycles. The SMILES string of the molecule is CC(C)(C)OC(=O)NC(Cc1ccc(B(O)O)cc1F)C(=O)OC(C)(C)C. The highest BCUT2D eigenvalue weighted by Crippen LogP contribution is 2.14. The molecule has 0 aliphatic rings. The minimum Gasteiger partial charge on any atom is -0.458 e. The van der Waals surface area contributed by atoms with Gasteiger partial charge in [-0.1, -0.05) is 12.1 Å². The van der Waals surface area contributed by atoms with Gasteiger partial charge in [-0.05, 0) is 58.6 Å². The van der Waals surface area contributed by atoms with Crippen molar-refractivity contribution >= 4 is 24.6 Å². The monoisotopic (exact) mass is 383 g/mol. The first-order valence-corrected chi connectivity index (χ1v) is 8.55. The molecule has 0 aromatic heterocycles. The van der Waals surface area contributed by atoms with Gasteiger partial charge in [0.05, 0.1) is 0 Å². The van der Waals surface area contributed by atoms with E-state index in [4.69, 9.17) is 19.5 Å². The number of halogens is 1. The molecular formula is C18H27BFNO6. The molecule has 1 amide bonds. The summed E-state index contributed by atoms with van der Waals surface area (Å²) >= 11 is 0. The first-order chi connectivity index (χ1) is 12.2. The molecule has 9 heteroatoms. The predicted octanol–water partition coefficient (Wildman–Crippen LogP) is 1.28. The molecule has 0 fully saturated rings. The second-order valence-electron chi connectivity index (χ2n) is 8.16. The van der Waals surface area contributed by atoms with Crippen molar-refractivity contribution in [3.8, 4) is 0 Å². The molecule has 0 aliphatic heterocycles. The summed E-state index contributed by atoms with van der Waals surface area (Å²) < 4.78 is 24.7. The Morgan fingerprint density at radius 2 is 1.67 bits per heavy atom. The highest BCUT2D eigenvalue weighted by molar-refractivity contribution is 6.58. The van der Waals surface area contributed by atoms with E-state index in [-0.39, 0.29) is 17.4 Å². The molecule has 7 nitrogen and oxygen atoms in total. The zero-order valence-corrected chi connectivity index (χ0v) is 16.5. The maximum Gasteiger partial charge on any atom is 0.488 e. The molecule has 0 spiro atoms. The minimum absolute atomic E-state index is 0.0230. The lowest BCUT2D eigenvalue weighted by Gasteiger charge is -2.26. The fourth-order valence-corrected chi connectivity index (χ4v) is 2.13. The largest absolute Gasteiger partial charge is 0.488 e. The highest BCUT2D eigenvalue weighted by atomic mass is 19.1. The van der Waals surface area contributed by atoms with E-state index in [1.807, 2.05) is 0 Å². The number of ether oxygens (including phenoxy) is 2. The number of hydrogen-bond donors (Lipinski definition) is 3. The second kappa shape index (κ2) is 8.71. The van der Waals surface area contributed by atoms with Crippen molar-refractivity contribution in [3.05, 3.63) is 29.6 Å². The van der Waals surface area contributed by atoms with Gasteiger partial charge >= 0.3 is 19.2 Å². The van der Waals surface area contributed by atoms with Crippen molar-refractivity contribution in [3.63, 3.8) is 0 Å². The van der Waals surface area contributed by atoms with Gasteiger partial charge in [0.15, 0.2) is 0 Å². The number of carbonyl (C=O) groups is 2. The number of esters is 1. The molecule has 0 saturated heterocycles. The summed E-state index contributed by atoms with van der Waals surface area (Å²) in [6.07, 6.45) is -1.02. The van der Waals surface area contributed by atoms with E-state index in [0.717, 1.165) is 6.07 Å². The molecule has 1 atom stereocenters. The molecule has 0 saturated carbocycles. The van der Waals surface area contributed by atoms with E-state index in [9.17, 15) is 14.0 Å². The standard InChI is InChI=1S/C18H27BFNO6/c1-17(2,3)26-15(22)14(21-16(23)27-18(4,5)6)9-11-7-8-12(19(24)25)10-13(11)20/h7-8,10,14,24-25H,9H2,1-6H3,(H,21,23). The Morgan fingerprint density at radius 1 is 1.11 bits per heavy atom. The van der Waals surface area contributed by atoms with Crippen LogP contribution in [-0.4, -0.2) is 46.5 Å². The van der Waals surface area contributed by atoms with Gasteiger partial charge in [-0.25, -0.2) is 14.0 Å². The molecule has 1 unspecified atom stereocenters. The number of amides is 1. The lowest BCUT2D eigenvalue weighted by molar-refractivity contribution is -0.157. The van der Waals surface area contributed by atoms with Gasteiger partial charge in [-0.15, -0.1) is 0 Å². The highest BCUT2D eigenvalue weighted by Gasteiger charge is 2.30. The molecule has 0 bridgehead atoms. The quantitative estimate of drug-likeness (QED) is 0.523. The fraction of sp³-hybridized carbons (Fsp3) is 0.556. The molecule has 150 valence electrons. The number of hydrogen-bond acceptors (Lipinski definition) is 6. The van der Waals surface area contributed by atoms with E-state index in [1.165, 1.54) is 12.1 Å². The Bertz CT molecular complexity index is 681. The van der Waals surface area contributed by atoms with Gasteiger partial charge < -0.3 is 24.8 Å². The molecule has 27 heavy (non-hydrogen) atoms. The van der Waals surface area contributed by atoms with Gasteiger partial charge in [0.1, 0.15) is 23.1 Å². The molecule has 1 rings (SSSR count). The number of alkyl carbamates (subject to hydrolysis) is 1. The third-order valence-corrected chi connectivity index (χ3v) is 3.18. The minimum atomic E-state index is -1.81.